The highest BCUT2D eigenvalue weighted by Crippen LogP contribution is 2.29. The summed E-state index contributed by atoms with van der Waals surface area (Å²) in [5.74, 6) is -0.531. The second kappa shape index (κ2) is 6.93. The van der Waals surface area contributed by atoms with Crippen molar-refractivity contribution in [3.05, 3.63) is 47.3 Å². The summed E-state index contributed by atoms with van der Waals surface area (Å²) in [4.78, 5) is 12.1. The molecule has 1 aromatic heterocycles. The van der Waals surface area contributed by atoms with Crippen molar-refractivity contribution in [1.82, 2.24) is 0 Å². The molecule has 2 rings (SSSR count). The first-order valence-electron chi connectivity index (χ1n) is 6.90. The van der Waals surface area contributed by atoms with E-state index in [1.807, 2.05) is 19.1 Å². The average molecular weight is 338 g/mol. The van der Waals surface area contributed by atoms with E-state index in [1.165, 1.54) is 15.6 Å². The number of hydrogen-bond acceptors (Lipinski definition) is 4. The van der Waals surface area contributed by atoms with Gasteiger partial charge in [-0.25, -0.2) is 8.42 Å². The summed E-state index contributed by atoms with van der Waals surface area (Å²) in [5, 5.41) is 0. The summed E-state index contributed by atoms with van der Waals surface area (Å²) in [7, 11) is -3.69. The fourth-order valence-corrected chi connectivity index (χ4v) is 4.86. The van der Waals surface area contributed by atoms with E-state index in [0.717, 1.165) is 11.3 Å². The first-order chi connectivity index (χ1) is 10.4. The van der Waals surface area contributed by atoms with E-state index >= 15 is 0 Å². The topological polar surface area (TPSA) is 80.5 Å². The Morgan fingerprint density at radius 1 is 1.18 bits per heavy atom. The molecule has 1 aromatic carbocycles. The number of hydrogen-bond donors (Lipinski definition) is 1. The number of nitrogens with two attached hydrogens (primary N) is 1. The van der Waals surface area contributed by atoms with Gasteiger partial charge in [0.2, 0.25) is 5.91 Å². The van der Waals surface area contributed by atoms with Crippen LogP contribution in [0.5, 0.6) is 0 Å². The minimum Gasteiger partial charge on any atom is -0.370 e. The molecule has 5 nitrogen and oxygen atoms in total. The lowest BCUT2D eigenvalue weighted by Crippen LogP contribution is -2.33. The summed E-state index contributed by atoms with van der Waals surface area (Å²) < 4.78 is 27.2. The van der Waals surface area contributed by atoms with Crippen LogP contribution < -0.4 is 10.0 Å². The first kappa shape index (κ1) is 16.5. The summed E-state index contributed by atoms with van der Waals surface area (Å²) >= 11 is 1.25. The van der Waals surface area contributed by atoms with E-state index in [9.17, 15) is 13.2 Å². The number of para-hydroxylation sites is 1. The highest BCUT2D eigenvalue weighted by Gasteiger charge is 2.26. The van der Waals surface area contributed by atoms with Gasteiger partial charge in [0.1, 0.15) is 4.21 Å². The lowest BCUT2D eigenvalue weighted by molar-refractivity contribution is -0.117. The number of benzene rings is 1. The van der Waals surface area contributed by atoms with E-state index < -0.39 is 15.9 Å². The van der Waals surface area contributed by atoms with Crippen molar-refractivity contribution in [3.63, 3.8) is 0 Å². The first-order valence-corrected chi connectivity index (χ1v) is 9.15. The molecule has 118 valence electrons. The van der Waals surface area contributed by atoms with Crippen LogP contribution in [0.25, 0.3) is 0 Å². The maximum atomic E-state index is 12.9. The quantitative estimate of drug-likeness (QED) is 0.841. The lowest BCUT2D eigenvalue weighted by Gasteiger charge is -2.23. The highest BCUT2D eigenvalue weighted by atomic mass is 32.2. The molecule has 0 aliphatic rings. The molecule has 0 fully saturated rings. The van der Waals surface area contributed by atoms with Crippen molar-refractivity contribution in [2.75, 3.05) is 10.8 Å². The average Bonchev–Trinajstić information content (AvgIpc) is 2.98. The van der Waals surface area contributed by atoms with E-state index in [2.05, 4.69) is 0 Å². The van der Waals surface area contributed by atoms with Crippen LogP contribution in [0.1, 0.15) is 18.2 Å². The van der Waals surface area contributed by atoms with Crippen LogP contribution in [0.4, 0.5) is 5.69 Å². The van der Waals surface area contributed by atoms with Crippen molar-refractivity contribution < 1.29 is 13.2 Å². The van der Waals surface area contributed by atoms with Crippen LogP contribution in [-0.2, 0) is 21.2 Å². The molecule has 0 aliphatic heterocycles. The number of nitrogens with zero attached hydrogens (tertiary/aromatic N) is 1. The van der Waals surface area contributed by atoms with E-state index in [4.69, 9.17) is 5.73 Å². The van der Waals surface area contributed by atoms with Crippen LogP contribution in [0.2, 0.25) is 0 Å². The molecule has 1 heterocycles. The van der Waals surface area contributed by atoms with E-state index in [0.29, 0.717) is 5.69 Å². The minimum atomic E-state index is -3.69. The zero-order valence-electron chi connectivity index (χ0n) is 12.2. The summed E-state index contributed by atoms with van der Waals surface area (Å²) in [6.07, 6.45) is 0.757. The number of anilines is 1. The predicted octanol–water partition coefficient (Wildman–Crippen LogP) is 2.38. The minimum absolute atomic E-state index is 0.0276. The third-order valence-electron chi connectivity index (χ3n) is 3.14. The summed E-state index contributed by atoms with van der Waals surface area (Å²) in [6, 6.07) is 12.2. The fraction of sp³-hybridized carbons (Fsp3) is 0.267. The monoisotopic (exact) mass is 338 g/mol. The number of sulfonamides is 1. The third-order valence-corrected chi connectivity index (χ3v) is 6.66. The molecule has 1 amide bonds. The molecule has 0 saturated carbocycles. The second-order valence-electron chi connectivity index (χ2n) is 4.70. The highest BCUT2D eigenvalue weighted by molar-refractivity contribution is 7.94. The third kappa shape index (κ3) is 3.66. The van der Waals surface area contributed by atoms with Gasteiger partial charge in [-0.1, -0.05) is 25.1 Å². The van der Waals surface area contributed by atoms with Gasteiger partial charge >= 0.3 is 0 Å². The molecule has 7 heteroatoms. The van der Waals surface area contributed by atoms with Gasteiger partial charge in [0, 0.05) is 17.8 Å². The van der Waals surface area contributed by atoms with Gasteiger partial charge in [0.05, 0.1) is 5.69 Å². The molecule has 0 spiro atoms. The van der Waals surface area contributed by atoms with Crippen LogP contribution >= 0.6 is 11.3 Å². The molecule has 0 radical (unpaired) electrons. The largest absolute Gasteiger partial charge is 0.370 e. The fourth-order valence-electron chi connectivity index (χ4n) is 1.99. The summed E-state index contributed by atoms with van der Waals surface area (Å²) in [5.41, 5.74) is 5.69. The van der Waals surface area contributed by atoms with Gasteiger partial charge in [-0.05, 0) is 30.7 Å². The van der Waals surface area contributed by atoms with Crippen molar-refractivity contribution in [2.24, 2.45) is 5.73 Å². The van der Waals surface area contributed by atoms with Crippen molar-refractivity contribution in [3.8, 4) is 0 Å². The molecule has 22 heavy (non-hydrogen) atoms. The zero-order chi connectivity index (χ0) is 16.2. The van der Waals surface area contributed by atoms with Crippen LogP contribution in [0.3, 0.4) is 0 Å². The van der Waals surface area contributed by atoms with Gasteiger partial charge in [0.15, 0.2) is 0 Å². The SMILES string of the molecule is CCc1ccc(S(=O)(=O)N(CCC(N)=O)c2ccccc2)s1. The molecule has 0 saturated heterocycles. The van der Waals surface area contributed by atoms with Crippen LogP contribution in [-0.4, -0.2) is 20.9 Å². The van der Waals surface area contributed by atoms with Crippen LogP contribution in [0.15, 0.2) is 46.7 Å². The smallest absolute Gasteiger partial charge is 0.273 e. The molecule has 0 bridgehead atoms. The molecule has 2 N–H and O–H groups in total. The number of primary amides is 1. The Hall–Kier alpha value is -1.86. The number of carbonyl (C=O) groups excluding carboxylic acids is 1. The maximum Gasteiger partial charge on any atom is 0.273 e. The van der Waals surface area contributed by atoms with Gasteiger partial charge in [-0.3, -0.25) is 9.10 Å². The number of carbonyl (C=O) groups is 1. The Labute approximate surface area is 134 Å². The Morgan fingerprint density at radius 3 is 2.41 bits per heavy atom. The number of rotatable bonds is 7. The molecular formula is C15H18N2O3S2. The van der Waals surface area contributed by atoms with Crippen LogP contribution in [0, 0.1) is 0 Å². The molecule has 0 atom stereocenters. The van der Waals surface area contributed by atoms with Gasteiger partial charge in [0.25, 0.3) is 10.0 Å². The Balaban J connectivity index is 2.40. The number of thiophene rings is 1. The van der Waals surface area contributed by atoms with Gasteiger partial charge < -0.3 is 5.73 Å². The van der Waals surface area contributed by atoms with Gasteiger partial charge in [-0.15, -0.1) is 11.3 Å². The summed E-state index contributed by atoms with van der Waals surface area (Å²) in [6.45, 7) is 2.01. The Kier molecular flexibility index (Phi) is 5.20. The predicted molar refractivity (Wildman–Crippen MR) is 88.5 cm³/mol. The lowest BCUT2D eigenvalue weighted by atomic mass is 10.3. The van der Waals surface area contributed by atoms with Crippen molar-refractivity contribution in [2.45, 2.75) is 24.0 Å². The molecule has 0 unspecified atom stereocenters. The van der Waals surface area contributed by atoms with Crippen molar-refractivity contribution >= 4 is 33.0 Å². The Bertz CT molecular complexity index is 739. The normalized spacial score (nSPS) is 11.3. The Morgan fingerprint density at radius 2 is 1.86 bits per heavy atom. The van der Waals surface area contributed by atoms with E-state index in [1.54, 1.807) is 30.3 Å². The number of aryl methyl sites for hydroxylation is 1. The molecular weight excluding hydrogens is 320 g/mol. The maximum absolute atomic E-state index is 12.9. The van der Waals surface area contributed by atoms with Gasteiger partial charge in [-0.2, -0.15) is 0 Å². The molecule has 2 aromatic rings. The van der Waals surface area contributed by atoms with Crippen molar-refractivity contribution in [1.29, 1.82) is 0 Å². The zero-order valence-corrected chi connectivity index (χ0v) is 13.9. The standard InChI is InChI=1S/C15H18N2O3S2/c1-2-13-8-9-15(21-13)22(19,20)17(11-10-14(16)18)12-6-4-3-5-7-12/h3-9H,2,10-11H2,1H3,(H2,16,18). The molecule has 0 aliphatic carbocycles. The van der Waals surface area contributed by atoms with E-state index in [-0.39, 0.29) is 17.2 Å². The second-order valence-corrected chi connectivity index (χ2v) is 7.96. The number of amides is 1.